The van der Waals surface area contributed by atoms with E-state index in [1.807, 2.05) is 37.3 Å². The molecule has 3 heteroatoms. The van der Waals surface area contributed by atoms with Crippen molar-refractivity contribution in [2.75, 3.05) is 13.2 Å². The minimum atomic E-state index is -0.0604. The third-order valence-electron chi connectivity index (χ3n) is 2.45. The van der Waals surface area contributed by atoms with E-state index in [9.17, 15) is 4.79 Å². The molecule has 84 valence electrons. The molecule has 1 aromatic carbocycles. The van der Waals surface area contributed by atoms with E-state index in [1.165, 1.54) is 5.56 Å². The summed E-state index contributed by atoms with van der Waals surface area (Å²) >= 11 is 0. The lowest BCUT2D eigenvalue weighted by atomic mass is 10.1. The Hall–Kier alpha value is -1.61. The molecule has 1 aromatic rings. The van der Waals surface area contributed by atoms with Gasteiger partial charge in [0.2, 0.25) is 5.91 Å². The van der Waals surface area contributed by atoms with Crippen LogP contribution in [0.5, 0.6) is 0 Å². The summed E-state index contributed by atoms with van der Waals surface area (Å²) in [4.78, 5) is 11.5. The van der Waals surface area contributed by atoms with Crippen LogP contribution in [0.2, 0.25) is 0 Å². The maximum absolute atomic E-state index is 11.5. The smallest absolute Gasteiger partial charge is 0.244 e. The predicted molar refractivity (Wildman–Crippen MR) is 63.0 cm³/mol. The van der Waals surface area contributed by atoms with E-state index < -0.39 is 0 Å². The third-order valence-corrected chi connectivity index (χ3v) is 2.45. The molecule has 1 amide bonds. The number of carbonyl (C=O) groups is 1. The summed E-state index contributed by atoms with van der Waals surface area (Å²) < 4.78 is 4.98. The molecule has 0 bridgehead atoms. The van der Waals surface area contributed by atoms with Gasteiger partial charge in [-0.25, -0.2) is 0 Å². The number of rotatable bonds is 3. The Morgan fingerprint density at radius 3 is 2.94 bits per heavy atom. The summed E-state index contributed by atoms with van der Waals surface area (Å²) in [6.45, 7) is 3.29. The lowest BCUT2D eigenvalue weighted by molar-refractivity contribution is -0.120. The highest BCUT2D eigenvalue weighted by Gasteiger charge is 2.18. The molecule has 3 nitrogen and oxygen atoms in total. The van der Waals surface area contributed by atoms with Crippen molar-refractivity contribution in [1.82, 2.24) is 5.32 Å². The Bertz CT molecular complexity index is 408. The maximum atomic E-state index is 11.5. The van der Waals surface area contributed by atoms with Crippen molar-refractivity contribution in [3.63, 3.8) is 0 Å². The molecule has 0 atom stereocenters. The van der Waals surface area contributed by atoms with Gasteiger partial charge in [0.15, 0.2) is 0 Å². The van der Waals surface area contributed by atoms with Crippen molar-refractivity contribution in [2.24, 2.45) is 0 Å². The molecule has 1 heterocycles. The van der Waals surface area contributed by atoms with E-state index in [1.54, 1.807) is 6.08 Å². The van der Waals surface area contributed by atoms with Crippen LogP contribution < -0.4 is 5.32 Å². The second-order valence-corrected chi connectivity index (χ2v) is 3.99. The highest BCUT2D eigenvalue weighted by atomic mass is 16.5. The summed E-state index contributed by atoms with van der Waals surface area (Å²) in [7, 11) is 0. The summed E-state index contributed by atoms with van der Waals surface area (Å²) in [5.41, 5.74) is 2.23. The van der Waals surface area contributed by atoms with Crippen LogP contribution in [0.25, 0.3) is 6.08 Å². The summed E-state index contributed by atoms with van der Waals surface area (Å²) in [6, 6.07) is 8.21. The summed E-state index contributed by atoms with van der Waals surface area (Å²) in [5, 5.41) is 2.85. The minimum absolute atomic E-state index is 0.0604. The normalized spacial score (nSPS) is 16.1. The molecular weight excluding hydrogens is 202 g/mol. The molecular formula is C13H15NO2. The van der Waals surface area contributed by atoms with Crippen molar-refractivity contribution in [2.45, 2.75) is 13.0 Å². The second kappa shape index (κ2) is 4.94. The Morgan fingerprint density at radius 2 is 2.31 bits per heavy atom. The van der Waals surface area contributed by atoms with E-state index >= 15 is 0 Å². The van der Waals surface area contributed by atoms with Crippen LogP contribution in [0, 0.1) is 6.92 Å². The Morgan fingerprint density at radius 1 is 1.50 bits per heavy atom. The second-order valence-electron chi connectivity index (χ2n) is 3.99. The number of amides is 1. The standard InChI is InChI=1S/C13H15NO2/c1-10-3-2-4-11(7-10)5-6-13(15)14-12-8-16-9-12/h2-7,12H,8-9H2,1H3,(H,14,15). The first kappa shape index (κ1) is 10.9. The SMILES string of the molecule is Cc1cccc(C=CC(=O)NC2COC2)c1. The number of carbonyl (C=O) groups excluding carboxylic acids is 1. The predicted octanol–water partition coefficient (Wildman–Crippen LogP) is 1.52. The van der Waals surface area contributed by atoms with Gasteiger partial charge in [0, 0.05) is 6.08 Å². The van der Waals surface area contributed by atoms with Gasteiger partial charge in [-0.15, -0.1) is 0 Å². The van der Waals surface area contributed by atoms with Crippen LogP contribution in [0.3, 0.4) is 0 Å². The number of ether oxygens (including phenoxy) is 1. The molecule has 1 saturated heterocycles. The lowest BCUT2D eigenvalue weighted by Gasteiger charge is -2.26. The highest BCUT2D eigenvalue weighted by Crippen LogP contribution is 2.06. The minimum Gasteiger partial charge on any atom is -0.377 e. The van der Waals surface area contributed by atoms with Crippen LogP contribution in [0.1, 0.15) is 11.1 Å². The number of nitrogens with one attached hydrogen (secondary N) is 1. The van der Waals surface area contributed by atoms with E-state index in [4.69, 9.17) is 4.74 Å². The van der Waals surface area contributed by atoms with Gasteiger partial charge in [-0.3, -0.25) is 4.79 Å². The van der Waals surface area contributed by atoms with Crippen molar-refractivity contribution < 1.29 is 9.53 Å². The average molecular weight is 217 g/mol. The molecule has 0 spiro atoms. The molecule has 2 rings (SSSR count). The fourth-order valence-electron chi connectivity index (χ4n) is 1.51. The van der Waals surface area contributed by atoms with Crippen LogP contribution in [0.15, 0.2) is 30.3 Å². The van der Waals surface area contributed by atoms with E-state index in [0.717, 1.165) is 5.56 Å². The molecule has 1 fully saturated rings. The van der Waals surface area contributed by atoms with Crippen molar-refractivity contribution in [1.29, 1.82) is 0 Å². The molecule has 16 heavy (non-hydrogen) atoms. The molecule has 0 aliphatic carbocycles. The largest absolute Gasteiger partial charge is 0.377 e. The number of aryl methyl sites for hydroxylation is 1. The molecule has 1 aliphatic heterocycles. The first-order chi connectivity index (χ1) is 7.74. The third kappa shape index (κ3) is 2.94. The Balaban J connectivity index is 1.90. The molecule has 0 aromatic heterocycles. The summed E-state index contributed by atoms with van der Waals surface area (Å²) in [5.74, 6) is -0.0604. The zero-order chi connectivity index (χ0) is 11.4. The van der Waals surface area contributed by atoms with Gasteiger partial charge < -0.3 is 10.1 Å². The van der Waals surface area contributed by atoms with Gasteiger partial charge in [-0.2, -0.15) is 0 Å². The first-order valence-electron chi connectivity index (χ1n) is 5.37. The number of hydrogen-bond donors (Lipinski definition) is 1. The lowest BCUT2D eigenvalue weighted by Crippen LogP contribution is -2.48. The topological polar surface area (TPSA) is 38.3 Å². The zero-order valence-corrected chi connectivity index (χ0v) is 9.27. The van der Waals surface area contributed by atoms with Gasteiger partial charge in [-0.05, 0) is 18.6 Å². The van der Waals surface area contributed by atoms with Gasteiger partial charge in [0.1, 0.15) is 0 Å². The van der Waals surface area contributed by atoms with Gasteiger partial charge >= 0.3 is 0 Å². The number of benzene rings is 1. The van der Waals surface area contributed by atoms with E-state index in [-0.39, 0.29) is 11.9 Å². The average Bonchev–Trinajstić information content (AvgIpc) is 2.21. The Labute approximate surface area is 95.1 Å². The van der Waals surface area contributed by atoms with E-state index in [0.29, 0.717) is 13.2 Å². The molecule has 1 aliphatic rings. The number of hydrogen-bond acceptors (Lipinski definition) is 2. The molecule has 1 N–H and O–H groups in total. The van der Waals surface area contributed by atoms with Crippen molar-refractivity contribution in [3.8, 4) is 0 Å². The van der Waals surface area contributed by atoms with Crippen LogP contribution in [-0.4, -0.2) is 25.2 Å². The maximum Gasteiger partial charge on any atom is 0.244 e. The van der Waals surface area contributed by atoms with E-state index in [2.05, 4.69) is 5.32 Å². The van der Waals surface area contributed by atoms with Crippen LogP contribution in [0.4, 0.5) is 0 Å². The van der Waals surface area contributed by atoms with Crippen LogP contribution >= 0.6 is 0 Å². The quantitative estimate of drug-likeness (QED) is 0.780. The fourth-order valence-corrected chi connectivity index (χ4v) is 1.51. The zero-order valence-electron chi connectivity index (χ0n) is 9.27. The van der Waals surface area contributed by atoms with Crippen molar-refractivity contribution in [3.05, 3.63) is 41.5 Å². The molecule has 0 saturated carbocycles. The first-order valence-corrected chi connectivity index (χ1v) is 5.37. The molecule has 0 unspecified atom stereocenters. The summed E-state index contributed by atoms with van der Waals surface area (Å²) in [6.07, 6.45) is 3.38. The fraction of sp³-hybridized carbons (Fsp3) is 0.308. The van der Waals surface area contributed by atoms with Crippen LogP contribution in [-0.2, 0) is 9.53 Å². The molecule has 0 radical (unpaired) electrons. The monoisotopic (exact) mass is 217 g/mol. The van der Waals surface area contributed by atoms with Gasteiger partial charge in [-0.1, -0.05) is 29.8 Å². The Kier molecular flexibility index (Phi) is 3.37. The van der Waals surface area contributed by atoms with Crippen molar-refractivity contribution >= 4 is 12.0 Å². The van der Waals surface area contributed by atoms with Gasteiger partial charge in [0.25, 0.3) is 0 Å². The highest BCUT2D eigenvalue weighted by molar-refractivity contribution is 5.91. The van der Waals surface area contributed by atoms with Gasteiger partial charge in [0.05, 0.1) is 19.3 Å².